The van der Waals surface area contributed by atoms with Gasteiger partial charge in [0.2, 0.25) is 0 Å². The van der Waals surface area contributed by atoms with Crippen LogP contribution < -0.4 is 5.32 Å². The molecule has 3 unspecified atom stereocenters. The molecule has 2 rings (SSSR count). The van der Waals surface area contributed by atoms with Gasteiger partial charge in [-0.2, -0.15) is 11.3 Å². The minimum absolute atomic E-state index is 0.272. The van der Waals surface area contributed by atoms with Crippen LogP contribution in [0.15, 0.2) is 16.8 Å². The maximum absolute atomic E-state index is 3.78. The van der Waals surface area contributed by atoms with Gasteiger partial charge in [-0.25, -0.2) is 0 Å². The van der Waals surface area contributed by atoms with Crippen molar-refractivity contribution in [3.63, 3.8) is 0 Å². The molecular weight excluding hydrogens is 264 g/mol. The molecule has 0 amide bonds. The van der Waals surface area contributed by atoms with Crippen LogP contribution in [0.1, 0.15) is 46.6 Å². The minimum Gasteiger partial charge on any atom is -0.309 e. The molecule has 0 radical (unpaired) electrons. The second-order valence-electron chi connectivity index (χ2n) is 6.96. The Kier molecular flexibility index (Phi) is 5.27. The summed E-state index contributed by atoms with van der Waals surface area (Å²) in [6.07, 6.45) is 2.37. The van der Waals surface area contributed by atoms with Crippen LogP contribution in [0.5, 0.6) is 0 Å². The van der Waals surface area contributed by atoms with Crippen molar-refractivity contribution in [1.29, 1.82) is 0 Å². The third kappa shape index (κ3) is 3.63. The first-order valence-corrected chi connectivity index (χ1v) is 8.91. The number of rotatable bonds is 5. The fourth-order valence-electron chi connectivity index (χ4n) is 3.25. The molecule has 0 aliphatic carbocycles. The smallest absolute Gasteiger partial charge is 0.0278 e. The van der Waals surface area contributed by atoms with Crippen molar-refractivity contribution < 1.29 is 0 Å². The summed E-state index contributed by atoms with van der Waals surface area (Å²) >= 11 is 1.81. The predicted molar refractivity (Wildman–Crippen MR) is 89.5 cm³/mol. The summed E-state index contributed by atoms with van der Waals surface area (Å²) in [7, 11) is 0. The molecule has 0 aromatic carbocycles. The SMILES string of the molecule is CCC1(C)CN(C(C)Cc2ccsc2)C(C(C)C)CN1. The van der Waals surface area contributed by atoms with Gasteiger partial charge >= 0.3 is 0 Å². The zero-order valence-electron chi connectivity index (χ0n) is 13.6. The lowest BCUT2D eigenvalue weighted by atomic mass is 9.88. The quantitative estimate of drug-likeness (QED) is 0.889. The largest absolute Gasteiger partial charge is 0.309 e. The number of piperazine rings is 1. The molecule has 1 N–H and O–H groups in total. The molecule has 1 saturated heterocycles. The van der Waals surface area contributed by atoms with Gasteiger partial charge in [0.25, 0.3) is 0 Å². The van der Waals surface area contributed by atoms with Crippen molar-refractivity contribution >= 4 is 11.3 Å². The summed E-state index contributed by atoms with van der Waals surface area (Å²) in [6, 6.07) is 3.54. The van der Waals surface area contributed by atoms with Crippen LogP contribution in [0, 0.1) is 5.92 Å². The molecule has 0 saturated carbocycles. The van der Waals surface area contributed by atoms with Crippen LogP contribution in [0.2, 0.25) is 0 Å². The van der Waals surface area contributed by atoms with Crippen molar-refractivity contribution in [1.82, 2.24) is 10.2 Å². The minimum atomic E-state index is 0.272. The average Bonchev–Trinajstić information content (AvgIpc) is 2.91. The second-order valence-corrected chi connectivity index (χ2v) is 7.74. The van der Waals surface area contributed by atoms with Crippen molar-refractivity contribution in [3.8, 4) is 0 Å². The van der Waals surface area contributed by atoms with Gasteiger partial charge in [0.05, 0.1) is 0 Å². The van der Waals surface area contributed by atoms with Gasteiger partial charge in [0.1, 0.15) is 0 Å². The Morgan fingerprint density at radius 3 is 2.75 bits per heavy atom. The monoisotopic (exact) mass is 294 g/mol. The highest BCUT2D eigenvalue weighted by Crippen LogP contribution is 2.26. The highest BCUT2D eigenvalue weighted by molar-refractivity contribution is 7.07. The van der Waals surface area contributed by atoms with Gasteiger partial charge < -0.3 is 5.32 Å². The Morgan fingerprint density at radius 2 is 2.20 bits per heavy atom. The number of hydrogen-bond acceptors (Lipinski definition) is 3. The normalized spacial score (nSPS) is 29.8. The summed E-state index contributed by atoms with van der Waals surface area (Å²) < 4.78 is 0. The third-order valence-electron chi connectivity index (χ3n) is 4.92. The van der Waals surface area contributed by atoms with E-state index in [1.54, 1.807) is 0 Å². The van der Waals surface area contributed by atoms with Gasteiger partial charge in [0.15, 0.2) is 0 Å². The van der Waals surface area contributed by atoms with Crippen molar-refractivity contribution in [2.45, 2.75) is 65.1 Å². The topological polar surface area (TPSA) is 15.3 Å². The summed E-state index contributed by atoms with van der Waals surface area (Å²) in [5, 5.41) is 8.26. The van der Waals surface area contributed by atoms with E-state index in [4.69, 9.17) is 0 Å². The number of nitrogens with zero attached hydrogens (tertiary/aromatic N) is 1. The third-order valence-corrected chi connectivity index (χ3v) is 5.65. The van der Waals surface area contributed by atoms with Crippen LogP contribution >= 0.6 is 11.3 Å². The molecule has 20 heavy (non-hydrogen) atoms. The summed E-state index contributed by atoms with van der Waals surface area (Å²) in [5.41, 5.74) is 1.76. The molecule has 2 nitrogen and oxygen atoms in total. The van der Waals surface area contributed by atoms with Gasteiger partial charge in [0, 0.05) is 30.7 Å². The van der Waals surface area contributed by atoms with Crippen LogP contribution in [-0.2, 0) is 6.42 Å². The van der Waals surface area contributed by atoms with Gasteiger partial charge in [-0.15, -0.1) is 0 Å². The Morgan fingerprint density at radius 1 is 1.45 bits per heavy atom. The van der Waals surface area contributed by atoms with E-state index in [0.717, 1.165) is 13.1 Å². The molecule has 114 valence electrons. The number of nitrogens with one attached hydrogen (secondary N) is 1. The zero-order valence-corrected chi connectivity index (χ0v) is 14.5. The van der Waals surface area contributed by atoms with E-state index in [2.05, 4.69) is 61.7 Å². The molecule has 1 aliphatic heterocycles. The van der Waals surface area contributed by atoms with Crippen LogP contribution in [-0.4, -0.2) is 35.6 Å². The molecule has 3 atom stereocenters. The Bertz CT molecular complexity index is 401. The molecule has 1 fully saturated rings. The first kappa shape index (κ1) is 16.0. The predicted octanol–water partition coefficient (Wildman–Crippen LogP) is 3.78. The second kappa shape index (κ2) is 6.59. The lowest BCUT2D eigenvalue weighted by molar-refractivity contribution is 0.0303. The van der Waals surface area contributed by atoms with E-state index in [0.29, 0.717) is 18.0 Å². The lowest BCUT2D eigenvalue weighted by Gasteiger charge is -2.50. The standard InChI is InChI=1S/C17H30N2S/c1-6-17(5)12-19(16(10-18-17)13(2)3)14(4)9-15-7-8-20-11-15/h7-8,11,13-14,16,18H,6,9-10,12H2,1-5H3. The van der Waals surface area contributed by atoms with Crippen LogP contribution in [0.3, 0.4) is 0 Å². The Balaban J connectivity index is 2.10. The van der Waals surface area contributed by atoms with Crippen molar-refractivity contribution in [3.05, 3.63) is 22.4 Å². The van der Waals surface area contributed by atoms with Crippen molar-refractivity contribution in [2.24, 2.45) is 5.92 Å². The number of hydrogen-bond donors (Lipinski definition) is 1. The van der Waals surface area contributed by atoms with E-state index < -0.39 is 0 Å². The van der Waals surface area contributed by atoms with Crippen LogP contribution in [0.4, 0.5) is 0 Å². The van der Waals surface area contributed by atoms with E-state index in [1.807, 2.05) is 11.3 Å². The number of thiophene rings is 1. The fourth-order valence-corrected chi connectivity index (χ4v) is 3.93. The van der Waals surface area contributed by atoms with Gasteiger partial charge in [-0.05, 0) is 55.0 Å². The van der Waals surface area contributed by atoms with E-state index in [-0.39, 0.29) is 5.54 Å². The molecule has 0 bridgehead atoms. The van der Waals surface area contributed by atoms with E-state index >= 15 is 0 Å². The molecule has 1 aliphatic rings. The highest BCUT2D eigenvalue weighted by atomic mass is 32.1. The molecule has 3 heteroatoms. The zero-order chi connectivity index (χ0) is 14.8. The molecular formula is C17H30N2S. The summed E-state index contributed by atoms with van der Waals surface area (Å²) in [6.45, 7) is 14.1. The van der Waals surface area contributed by atoms with E-state index in [9.17, 15) is 0 Å². The van der Waals surface area contributed by atoms with Gasteiger partial charge in [-0.3, -0.25) is 4.90 Å². The summed E-state index contributed by atoms with van der Waals surface area (Å²) in [4.78, 5) is 2.75. The van der Waals surface area contributed by atoms with E-state index in [1.165, 1.54) is 18.4 Å². The molecule has 1 aromatic heterocycles. The Hall–Kier alpha value is -0.380. The first-order chi connectivity index (χ1) is 9.45. The summed E-state index contributed by atoms with van der Waals surface area (Å²) in [5.74, 6) is 0.703. The maximum Gasteiger partial charge on any atom is 0.0278 e. The lowest BCUT2D eigenvalue weighted by Crippen LogP contribution is -2.65. The molecule has 1 aromatic rings. The van der Waals surface area contributed by atoms with Crippen LogP contribution in [0.25, 0.3) is 0 Å². The maximum atomic E-state index is 3.78. The highest BCUT2D eigenvalue weighted by Gasteiger charge is 2.37. The fraction of sp³-hybridized carbons (Fsp3) is 0.765. The average molecular weight is 295 g/mol. The van der Waals surface area contributed by atoms with Crippen molar-refractivity contribution in [2.75, 3.05) is 13.1 Å². The van der Waals surface area contributed by atoms with Gasteiger partial charge in [-0.1, -0.05) is 20.8 Å². The molecule has 2 heterocycles. The Labute approximate surface area is 128 Å². The molecule has 0 spiro atoms. The first-order valence-electron chi connectivity index (χ1n) is 7.97.